The van der Waals surface area contributed by atoms with Crippen LogP contribution < -0.4 is 10.2 Å². The van der Waals surface area contributed by atoms with Gasteiger partial charge in [-0.3, -0.25) is 9.88 Å². The van der Waals surface area contributed by atoms with Gasteiger partial charge in [-0.05, 0) is 17.2 Å². The van der Waals surface area contributed by atoms with E-state index in [2.05, 4.69) is 10.3 Å². The Morgan fingerprint density at radius 3 is 2.42 bits per heavy atom. The number of aromatic hydroxyl groups is 2. The molecule has 0 bridgehead atoms. The summed E-state index contributed by atoms with van der Waals surface area (Å²) in [6.45, 7) is 0.298. The normalized spacial score (nSPS) is 13.5. The molecule has 1 aliphatic rings. The zero-order chi connectivity index (χ0) is 16.7. The lowest BCUT2D eigenvalue weighted by Crippen LogP contribution is -2.38. The number of aromatic amines is 1. The molecule has 6 heteroatoms. The van der Waals surface area contributed by atoms with Crippen LogP contribution in [0.1, 0.15) is 5.56 Å². The summed E-state index contributed by atoms with van der Waals surface area (Å²) < 4.78 is 0. The van der Waals surface area contributed by atoms with E-state index in [0.717, 1.165) is 11.3 Å². The maximum absolute atomic E-state index is 12.5. The molecule has 4 N–H and O–H groups in total. The number of benzene rings is 2. The van der Waals surface area contributed by atoms with Gasteiger partial charge in [0, 0.05) is 5.69 Å². The second kappa shape index (κ2) is 5.34. The van der Waals surface area contributed by atoms with Crippen LogP contribution in [0.15, 0.2) is 54.6 Å². The lowest BCUT2D eigenvalue weighted by molar-refractivity contribution is 0.255. The molecule has 2 aromatic carbocycles. The fraction of sp³-hybridized carbons (Fsp3) is 0.0556. The van der Waals surface area contributed by atoms with Crippen molar-refractivity contribution < 1.29 is 15.0 Å². The number of amides is 2. The highest BCUT2D eigenvalue weighted by Gasteiger charge is 2.31. The Balaban J connectivity index is 1.85. The van der Waals surface area contributed by atoms with Crippen molar-refractivity contribution in [3.63, 3.8) is 0 Å². The van der Waals surface area contributed by atoms with Gasteiger partial charge in [0.2, 0.25) is 11.8 Å². The van der Waals surface area contributed by atoms with Gasteiger partial charge in [0.25, 0.3) is 0 Å². The summed E-state index contributed by atoms with van der Waals surface area (Å²) in [4.78, 5) is 16.4. The first kappa shape index (κ1) is 14.2. The first-order chi connectivity index (χ1) is 11.6. The fourth-order valence-corrected chi connectivity index (χ4v) is 2.99. The van der Waals surface area contributed by atoms with Gasteiger partial charge < -0.3 is 15.5 Å². The topological polar surface area (TPSA) is 88.6 Å². The van der Waals surface area contributed by atoms with Crippen LogP contribution >= 0.6 is 0 Å². The molecular formula is C18H15N3O3. The van der Waals surface area contributed by atoms with Crippen molar-refractivity contribution in [3.05, 3.63) is 60.2 Å². The number of fused-ring (bicyclic) bond motifs is 1. The fourth-order valence-electron chi connectivity index (χ4n) is 2.99. The van der Waals surface area contributed by atoms with E-state index in [9.17, 15) is 15.0 Å². The first-order valence-electron chi connectivity index (χ1n) is 7.51. The summed E-state index contributed by atoms with van der Waals surface area (Å²) in [7, 11) is 0. The van der Waals surface area contributed by atoms with Gasteiger partial charge in [-0.1, -0.05) is 48.5 Å². The standard InChI is InChI=1S/C18H15N3O3/c22-16-14(11-6-2-1-3-7-11)15(17(23)20-16)21-10-12-8-4-5-9-13(12)19-18(21)24/h1-9,20,22-23H,10H2,(H,19,24). The molecule has 3 aromatic rings. The van der Waals surface area contributed by atoms with Crippen molar-refractivity contribution in [2.45, 2.75) is 6.54 Å². The third-order valence-electron chi connectivity index (χ3n) is 4.10. The third-order valence-corrected chi connectivity index (χ3v) is 4.10. The molecule has 24 heavy (non-hydrogen) atoms. The van der Waals surface area contributed by atoms with Crippen LogP contribution in [-0.4, -0.2) is 21.2 Å². The average molecular weight is 321 g/mol. The Bertz CT molecular complexity index is 919. The molecule has 1 aromatic heterocycles. The highest BCUT2D eigenvalue weighted by atomic mass is 16.3. The zero-order valence-corrected chi connectivity index (χ0v) is 12.7. The highest BCUT2D eigenvalue weighted by molar-refractivity contribution is 6.08. The smallest absolute Gasteiger partial charge is 0.326 e. The first-order valence-corrected chi connectivity index (χ1v) is 7.51. The highest BCUT2D eigenvalue weighted by Crippen LogP contribution is 2.46. The molecule has 0 saturated carbocycles. The minimum absolute atomic E-state index is 0.180. The summed E-state index contributed by atoms with van der Waals surface area (Å²) in [6, 6.07) is 16.2. The van der Waals surface area contributed by atoms with Crippen LogP contribution in [-0.2, 0) is 6.54 Å². The third kappa shape index (κ3) is 2.16. The maximum Gasteiger partial charge on any atom is 0.326 e. The van der Waals surface area contributed by atoms with E-state index < -0.39 is 0 Å². The summed E-state index contributed by atoms with van der Waals surface area (Å²) >= 11 is 0. The molecule has 0 spiro atoms. The largest absolute Gasteiger partial charge is 0.494 e. The average Bonchev–Trinajstić information content (AvgIpc) is 2.89. The molecule has 0 saturated heterocycles. The van der Waals surface area contributed by atoms with Crippen molar-refractivity contribution in [1.29, 1.82) is 0 Å². The van der Waals surface area contributed by atoms with Crippen molar-refractivity contribution in [2.24, 2.45) is 0 Å². The number of anilines is 2. The number of carbonyl (C=O) groups is 1. The Morgan fingerprint density at radius 1 is 0.917 bits per heavy atom. The molecule has 120 valence electrons. The van der Waals surface area contributed by atoms with Gasteiger partial charge in [-0.25, -0.2) is 4.79 Å². The van der Waals surface area contributed by atoms with E-state index in [0.29, 0.717) is 17.7 Å². The summed E-state index contributed by atoms with van der Waals surface area (Å²) in [5.74, 6) is -0.429. The van der Waals surface area contributed by atoms with Crippen LogP contribution in [0.3, 0.4) is 0 Å². The number of urea groups is 1. The second-order valence-corrected chi connectivity index (χ2v) is 5.59. The SMILES string of the molecule is O=C1Nc2ccccc2CN1c1c(O)[nH]c(O)c1-c1ccccc1. The van der Waals surface area contributed by atoms with E-state index in [4.69, 9.17) is 0 Å². The van der Waals surface area contributed by atoms with Crippen LogP contribution in [0.5, 0.6) is 11.8 Å². The van der Waals surface area contributed by atoms with Gasteiger partial charge in [0.05, 0.1) is 12.1 Å². The van der Waals surface area contributed by atoms with Gasteiger partial charge in [-0.2, -0.15) is 0 Å². The van der Waals surface area contributed by atoms with Gasteiger partial charge in [-0.15, -0.1) is 0 Å². The molecule has 0 unspecified atom stereocenters. The Hall–Kier alpha value is -3.41. The number of aromatic nitrogens is 1. The van der Waals surface area contributed by atoms with Crippen molar-refractivity contribution in [1.82, 2.24) is 4.98 Å². The van der Waals surface area contributed by atoms with E-state index >= 15 is 0 Å². The van der Waals surface area contributed by atoms with E-state index in [1.807, 2.05) is 54.6 Å². The van der Waals surface area contributed by atoms with Crippen molar-refractivity contribution in [2.75, 3.05) is 10.2 Å². The number of hydrogen-bond donors (Lipinski definition) is 4. The molecule has 0 atom stereocenters. The van der Waals surface area contributed by atoms with E-state index in [1.165, 1.54) is 4.90 Å². The lowest BCUT2D eigenvalue weighted by atomic mass is 10.0. The number of H-pyrrole nitrogens is 1. The zero-order valence-electron chi connectivity index (χ0n) is 12.7. The predicted molar refractivity (Wildman–Crippen MR) is 91.2 cm³/mol. The molecule has 6 nitrogen and oxygen atoms in total. The molecule has 0 fully saturated rings. The number of hydrogen-bond acceptors (Lipinski definition) is 3. The number of nitrogens with zero attached hydrogens (tertiary/aromatic N) is 1. The molecule has 0 aliphatic carbocycles. The van der Waals surface area contributed by atoms with Crippen LogP contribution in [0.4, 0.5) is 16.2 Å². The summed E-state index contributed by atoms with van der Waals surface area (Å²) in [5.41, 5.74) is 3.03. The molecule has 1 aliphatic heterocycles. The molecule has 4 rings (SSSR count). The van der Waals surface area contributed by atoms with Crippen molar-refractivity contribution in [3.8, 4) is 22.9 Å². The van der Waals surface area contributed by atoms with Gasteiger partial charge >= 0.3 is 6.03 Å². The molecular weight excluding hydrogens is 306 g/mol. The number of rotatable bonds is 2. The number of carbonyl (C=O) groups excluding carboxylic acids is 1. The quantitative estimate of drug-likeness (QED) is 0.581. The monoisotopic (exact) mass is 321 g/mol. The molecule has 2 heterocycles. The Morgan fingerprint density at radius 2 is 1.62 bits per heavy atom. The lowest BCUT2D eigenvalue weighted by Gasteiger charge is -2.29. The second-order valence-electron chi connectivity index (χ2n) is 5.59. The Kier molecular flexibility index (Phi) is 3.16. The number of para-hydroxylation sites is 1. The van der Waals surface area contributed by atoms with Crippen LogP contribution in [0, 0.1) is 0 Å². The summed E-state index contributed by atoms with van der Waals surface area (Å²) in [6.07, 6.45) is 0. The van der Waals surface area contributed by atoms with Crippen LogP contribution in [0.25, 0.3) is 11.1 Å². The van der Waals surface area contributed by atoms with E-state index in [1.54, 1.807) is 0 Å². The number of nitrogens with one attached hydrogen (secondary N) is 2. The molecule has 0 radical (unpaired) electrons. The van der Waals surface area contributed by atoms with Crippen molar-refractivity contribution >= 4 is 17.4 Å². The van der Waals surface area contributed by atoms with E-state index in [-0.39, 0.29) is 23.5 Å². The minimum Gasteiger partial charge on any atom is -0.494 e. The Labute approximate surface area is 138 Å². The van der Waals surface area contributed by atoms with Gasteiger partial charge in [0.1, 0.15) is 5.69 Å². The van der Waals surface area contributed by atoms with Gasteiger partial charge in [0.15, 0.2) is 0 Å². The predicted octanol–water partition coefficient (Wildman–Crippen LogP) is 3.65. The summed E-state index contributed by atoms with van der Waals surface area (Å²) in [5, 5.41) is 23.3. The molecule has 2 amide bonds. The van der Waals surface area contributed by atoms with Crippen LogP contribution in [0.2, 0.25) is 0 Å². The minimum atomic E-state index is -0.361. The maximum atomic E-state index is 12.5.